The van der Waals surface area contributed by atoms with Gasteiger partial charge in [0.15, 0.2) is 0 Å². The number of carbonyl (C=O) groups is 6. The van der Waals surface area contributed by atoms with Crippen molar-refractivity contribution in [1.82, 2.24) is 40.5 Å². The molecule has 4 N–H and O–H groups in total. The number of carboxylic acid groups (broad SMARTS) is 2. The van der Waals surface area contributed by atoms with Crippen LogP contribution in [0.25, 0.3) is 34.2 Å². The molecule has 4 amide bonds. The maximum atomic E-state index is 10.8. The average Bonchev–Trinajstić information content (AvgIpc) is 3.87. The number of nitrogens with zero attached hydrogens (tertiary/aromatic N) is 6. The monoisotopic (exact) mass is 1150 g/mol. The van der Waals surface area contributed by atoms with E-state index in [1.165, 1.54) is 36.7 Å². The van der Waals surface area contributed by atoms with E-state index in [0.29, 0.717) is 37.1 Å². The number of imide groups is 2. The SMILES string of the molecule is F[P-](F)(F)(F)(F)F.F[P-](F)(F)(F)(F)F.O=C(O)c1ccnc(-c2cc(C(=O)O)ccn2)c1.O=C1CCC(=O)N1.O=C1CCC(=O)N1.[Ru+2].c1ccc(-c2ccccn2)nc1.c1ccc(-c2ccccn2)nc1. The molecule has 31 heteroatoms. The smallest absolute Gasteiger partial charge is 0.478 e. The minimum absolute atomic E-state index is 0. The summed E-state index contributed by atoms with van der Waals surface area (Å²) in [7, 11) is -21.3. The van der Waals surface area contributed by atoms with Crippen molar-refractivity contribution in [3.63, 3.8) is 0 Å². The molecule has 0 spiro atoms. The Morgan fingerprint density at radius 2 is 0.592 bits per heavy atom. The van der Waals surface area contributed by atoms with Crippen molar-refractivity contribution in [1.29, 1.82) is 0 Å². The second-order valence-electron chi connectivity index (χ2n) is 13.2. The summed E-state index contributed by atoms with van der Waals surface area (Å²) in [6.07, 6.45) is 11.2. The third kappa shape index (κ3) is 33.8. The van der Waals surface area contributed by atoms with Crippen LogP contribution in [-0.2, 0) is 38.7 Å². The number of amides is 4. The van der Waals surface area contributed by atoms with Gasteiger partial charge in [0.05, 0.1) is 45.3 Å². The van der Waals surface area contributed by atoms with Crippen LogP contribution in [0.15, 0.2) is 134 Å². The van der Waals surface area contributed by atoms with Gasteiger partial charge in [-0.2, -0.15) is 0 Å². The second-order valence-corrected chi connectivity index (χ2v) is 17.0. The van der Waals surface area contributed by atoms with Crippen LogP contribution >= 0.6 is 15.6 Å². The number of pyridine rings is 6. The van der Waals surface area contributed by atoms with Crippen molar-refractivity contribution in [2.75, 3.05) is 0 Å². The molecule has 0 saturated carbocycles. The molecule has 2 saturated heterocycles. The summed E-state index contributed by atoms with van der Waals surface area (Å²) in [5.41, 5.74) is 4.44. The zero-order chi connectivity index (χ0) is 52.9. The van der Waals surface area contributed by atoms with Gasteiger partial charge in [-0.3, -0.25) is 59.7 Å². The summed E-state index contributed by atoms with van der Waals surface area (Å²) in [6, 6.07) is 28.6. The number of halogens is 12. The van der Waals surface area contributed by atoms with Gasteiger partial charge in [-0.1, -0.05) is 24.3 Å². The quantitative estimate of drug-likeness (QED) is 0.0543. The number of aromatic nitrogens is 6. The maximum absolute atomic E-state index is 10.8. The zero-order valence-electron chi connectivity index (χ0n) is 35.3. The normalized spacial score (nSPS) is 14.3. The maximum Gasteiger partial charge on any atom is 2.00 e. The molecule has 0 aromatic carbocycles. The molecular formula is C40H34F12N8O8P2Ru. The van der Waals surface area contributed by atoms with E-state index in [2.05, 4.69) is 40.5 Å². The van der Waals surface area contributed by atoms with E-state index in [0.717, 1.165) is 22.8 Å². The summed E-state index contributed by atoms with van der Waals surface area (Å²) < 4.78 is 118. The Bertz CT molecular complexity index is 2430. The van der Waals surface area contributed by atoms with Gasteiger partial charge >= 0.3 is 97.4 Å². The molecule has 0 radical (unpaired) electrons. The molecular weight excluding hydrogens is 1110 g/mol. The van der Waals surface area contributed by atoms with Crippen LogP contribution in [0.4, 0.5) is 50.4 Å². The number of hydrogen-bond acceptors (Lipinski definition) is 12. The van der Waals surface area contributed by atoms with E-state index in [4.69, 9.17) is 10.2 Å². The third-order valence-electron chi connectivity index (χ3n) is 7.18. The van der Waals surface area contributed by atoms with E-state index in [1.807, 2.05) is 72.8 Å². The topological polar surface area (TPSA) is 244 Å². The van der Waals surface area contributed by atoms with Crippen molar-refractivity contribution in [3.8, 4) is 34.2 Å². The minimum Gasteiger partial charge on any atom is -0.478 e. The fraction of sp³-hybridized carbons (Fsp3) is 0.100. The number of hydrogen-bond donors (Lipinski definition) is 4. The van der Waals surface area contributed by atoms with E-state index >= 15 is 0 Å². The van der Waals surface area contributed by atoms with Gasteiger partial charge in [0, 0.05) is 62.9 Å². The number of nitrogens with one attached hydrogen (secondary N) is 2. The zero-order valence-corrected chi connectivity index (χ0v) is 38.9. The second kappa shape index (κ2) is 24.5. The first kappa shape index (κ1) is 61.8. The Kier molecular flexibility index (Phi) is 21.4. The van der Waals surface area contributed by atoms with E-state index < -0.39 is 27.6 Å². The Morgan fingerprint density at radius 3 is 0.746 bits per heavy atom. The van der Waals surface area contributed by atoms with E-state index in [-0.39, 0.29) is 54.2 Å². The molecule has 2 fully saturated rings. The van der Waals surface area contributed by atoms with Crippen LogP contribution in [0, 0.1) is 0 Å². The van der Waals surface area contributed by atoms with Crippen molar-refractivity contribution in [2.24, 2.45) is 0 Å². The predicted molar refractivity (Wildman–Crippen MR) is 228 cm³/mol. The van der Waals surface area contributed by atoms with Crippen molar-refractivity contribution >= 4 is 51.2 Å². The van der Waals surface area contributed by atoms with Gasteiger partial charge in [0.25, 0.3) is 0 Å². The van der Waals surface area contributed by atoms with Crippen LogP contribution < -0.4 is 10.6 Å². The number of carboxylic acids is 2. The molecule has 0 aliphatic carbocycles. The predicted octanol–water partition coefficient (Wildman–Crippen LogP) is 11.4. The van der Waals surface area contributed by atoms with Crippen molar-refractivity contribution < 1.29 is 109 Å². The molecule has 71 heavy (non-hydrogen) atoms. The Labute approximate surface area is 404 Å². The largest absolute Gasteiger partial charge is 2.00 e. The molecule has 8 heterocycles. The number of rotatable bonds is 5. The van der Waals surface area contributed by atoms with Gasteiger partial charge < -0.3 is 10.2 Å². The molecule has 8 rings (SSSR count). The molecule has 16 nitrogen and oxygen atoms in total. The summed E-state index contributed by atoms with van der Waals surface area (Å²) in [4.78, 5) is 86.8. The van der Waals surface area contributed by atoms with Gasteiger partial charge in [0.2, 0.25) is 23.6 Å². The van der Waals surface area contributed by atoms with Gasteiger partial charge in [-0.15, -0.1) is 0 Å². The van der Waals surface area contributed by atoms with Crippen LogP contribution in [-0.4, -0.2) is 75.7 Å². The molecule has 6 aromatic rings. The molecule has 6 aromatic heterocycles. The van der Waals surface area contributed by atoms with Crippen LogP contribution in [0.1, 0.15) is 46.4 Å². The summed E-state index contributed by atoms with van der Waals surface area (Å²) in [5, 5.41) is 22.0. The standard InChI is InChI=1S/C12H8N2O4.2C10H8N2.2C4H5NO2.2F6P.Ru/c15-11(16)7-1-3-13-9(5-7)10-6-8(12(17)18)2-4-14-10;2*1-3-7-11-9(5-1)10-6-2-4-8-12-10;2*6-3-1-2-4(7)5-3;2*1-7(2,3,4,5)6;/h1-6H,(H,15,16)(H,17,18);2*1-8H;2*1-2H2,(H,5,6,7);;;/q;;;;;2*-1;+2. The molecule has 2 aliphatic rings. The Morgan fingerprint density at radius 1 is 0.380 bits per heavy atom. The average molecular weight is 1150 g/mol. The van der Waals surface area contributed by atoms with Gasteiger partial charge in [-0.25, -0.2) is 9.59 Å². The summed E-state index contributed by atoms with van der Waals surface area (Å²) in [6.45, 7) is 0. The first-order valence-corrected chi connectivity index (χ1v) is 22.9. The van der Waals surface area contributed by atoms with Crippen LogP contribution in [0.3, 0.4) is 0 Å². The van der Waals surface area contributed by atoms with Crippen LogP contribution in [0.2, 0.25) is 0 Å². The Hall–Kier alpha value is -7.24. The Balaban J connectivity index is 0.000000428. The molecule has 0 bridgehead atoms. The van der Waals surface area contributed by atoms with Gasteiger partial charge in [0.1, 0.15) is 0 Å². The number of aromatic carboxylic acids is 2. The fourth-order valence-electron chi connectivity index (χ4n) is 4.48. The molecule has 0 atom stereocenters. The summed E-state index contributed by atoms with van der Waals surface area (Å²) >= 11 is 0. The fourth-order valence-corrected chi connectivity index (χ4v) is 4.48. The van der Waals surface area contributed by atoms with Crippen molar-refractivity contribution in [3.05, 3.63) is 145 Å². The summed E-state index contributed by atoms with van der Waals surface area (Å²) in [5.74, 6) is -2.74. The third-order valence-corrected chi connectivity index (χ3v) is 7.18. The van der Waals surface area contributed by atoms with Crippen molar-refractivity contribution in [2.45, 2.75) is 25.7 Å². The molecule has 0 unspecified atom stereocenters. The molecule has 2 aliphatic heterocycles. The first-order chi connectivity index (χ1) is 32.0. The van der Waals surface area contributed by atoms with E-state index in [1.54, 1.807) is 24.8 Å². The molecule has 384 valence electrons. The van der Waals surface area contributed by atoms with E-state index in [9.17, 15) is 79.1 Å². The first-order valence-electron chi connectivity index (χ1n) is 18.8. The number of carbonyl (C=O) groups excluding carboxylic acids is 4. The van der Waals surface area contributed by atoms with Crippen LogP contribution in [0.5, 0.6) is 0 Å². The van der Waals surface area contributed by atoms with Gasteiger partial charge in [-0.05, 0) is 72.8 Å². The minimum atomic E-state index is -10.7.